The van der Waals surface area contributed by atoms with E-state index in [0.29, 0.717) is 22.2 Å². The van der Waals surface area contributed by atoms with E-state index in [1.54, 1.807) is 24.3 Å². The quantitative estimate of drug-likeness (QED) is 0.714. The van der Waals surface area contributed by atoms with Crippen LogP contribution in [0.2, 0.25) is 10.0 Å². The van der Waals surface area contributed by atoms with Gasteiger partial charge in [-0.25, -0.2) is 4.90 Å². The first kappa shape index (κ1) is 19.4. The van der Waals surface area contributed by atoms with Gasteiger partial charge < -0.3 is 14.8 Å². The molecule has 0 atom stereocenters. The molecule has 9 heteroatoms. The van der Waals surface area contributed by atoms with Crippen LogP contribution in [0.3, 0.4) is 0 Å². The van der Waals surface area contributed by atoms with Crippen molar-refractivity contribution >= 4 is 58.0 Å². The van der Waals surface area contributed by atoms with E-state index in [0.717, 1.165) is 4.90 Å². The Kier molecular flexibility index (Phi) is 5.51. The second kappa shape index (κ2) is 7.68. The highest BCUT2D eigenvalue weighted by atomic mass is 35.5. The summed E-state index contributed by atoms with van der Waals surface area (Å²) in [5, 5.41) is 3.08. The van der Waals surface area contributed by atoms with Gasteiger partial charge in [-0.15, -0.1) is 0 Å². The number of halogens is 3. The molecule has 1 aliphatic heterocycles. The van der Waals surface area contributed by atoms with Crippen molar-refractivity contribution in [1.82, 2.24) is 0 Å². The number of imide groups is 1. The van der Waals surface area contributed by atoms with Gasteiger partial charge >= 0.3 is 0 Å². The molecule has 0 bridgehead atoms. The highest BCUT2D eigenvalue weighted by Gasteiger charge is 2.40. The van der Waals surface area contributed by atoms with Crippen molar-refractivity contribution in [2.45, 2.75) is 0 Å². The molecule has 0 aromatic heterocycles. The Morgan fingerprint density at radius 2 is 1.67 bits per heavy atom. The molecule has 1 N–H and O–H groups in total. The van der Waals surface area contributed by atoms with E-state index in [2.05, 4.69) is 5.32 Å². The molecule has 6 nitrogen and oxygen atoms in total. The molecule has 3 rings (SSSR count). The predicted octanol–water partition coefficient (Wildman–Crippen LogP) is 4.45. The van der Waals surface area contributed by atoms with E-state index >= 15 is 0 Å². The number of nitrogens with zero attached hydrogens (tertiary/aromatic N) is 1. The second-order valence-corrected chi connectivity index (χ2v) is 6.64. The maximum atomic E-state index is 12.9. The van der Waals surface area contributed by atoms with Crippen LogP contribution in [0.4, 0.5) is 11.4 Å². The van der Waals surface area contributed by atoms with Crippen LogP contribution < -0.4 is 19.7 Å². The molecular formula is C18H13Cl3N2O4. The third-order valence-electron chi connectivity index (χ3n) is 3.84. The van der Waals surface area contributed by atoms with Crippen LogP contribution in [0, 0.1) is 0 Å². The fourth-order valence-electron chi connectivity index (χ4n) is 2.53. The van der Waals surface area contributed by atoms with Crippen molar-refractivity contribution in [3.63, 3.8) is 0 Å². The second-order valence-electron chi connectivity index (χ2n) is 5.42. The lowest BCUT2D eigenvalue weighted by Crippen LogP contribution is -2.32. The van der Waals surface area contributed by atoms with Gasteiger partial charge in [0.2, 0.25) is 0 Å². The minimum Gasteiger partial charge on any atom is -0.497 e. The van der Waals surface area contributed by atoms with Gasteiger partial charge in [-0.1, -0.05) is 34.8 Å². The summed E-state index contributed by atoms with van der Waals surface area (Å²) in [6.07, 6.45) is 0. The third kappa shape index (κ3) is 3.56. The molecule has 0 spiro atoms. The number of hydrogen-bond acceptors (Lipinski definition) is 5. The van der Waals surface area contributed by atoms with Crippen molar-refractivity contribution in [1.29, 1.82) is 0 Å². The lowest BCUT2D eigenvalue weighted by Gasteiger charge is -2.17. The molecule has 0 unspecified atom stereocenters. The van der Waals surface area contributed by atoms with Gasteiger partial charge in [0.25, 0.3) is 11.8 Å². The van der Waals surface area contributed by atoms with E-state index in [9.17, 15) is 9.59 Å². The maximum Gasteiger partial charge on any atom is 0.283 e. The minimum atomic E-state index is -0.713. The average molecular weight is 428 g/mol. The van der Waals surface area contributed by atoms with E-state index in [1.165, 1.54) is 26.4 Å². The van der Waals surface area contributed by atoms with Crippen LogP contribution in [0.1, 0.15) is 0 Å². The summed E-state index contributed by atoms with van der Waals surface area (Å²) < 4.78 is 10.4. The Hall–Kier alpha value is -2.41. The summed E-state index contributed by atoms with van der Waals surface area (Å²) in [5.41, 5.74) is 0.446. The first-order valence-electron chi connectivity index (χ1n) is 7.60. The summed E-state index contributed by atoms with van der Waals surface area (Å²) in [6, 6.07) is 9.42. The zero-order chi connectivity index (χ0) is 19.7. The molecule has 1 heterocycles. The van der Waals surface area contributed by atoms with Gasteiger partial charge in [0.15, 0.2) is 0 Å². The minimum absolute atomic E-state index is 0.107. The molecule has 140 valence electrons. The zero-order valence-electron chi connectivity index (χ0n) is 14.2. The smallest absolute Gasteiger partial charge is 0.283 e. The number of carbonyl (C=O) groups excluding carboxylic acids is 2. The number of amides is 2. The number of anilines is 2. The molecule has 0 aliphatic carbocycles. The molecule has 1 aliphatic rings. The molecule has 27 heavy (non-hydrogen) atoms. The summed E-state index contributed by atoms with van der Waals surface area (Å²) in [4.78, 5) is 26.3. The number of benzene rings is 2. The molecule has 0 saturated heterocycles. The standard InChI is InChI=1S/C18H13Cl3N2O4/c1-26-10-4-6-14(27-2)12(8-10)22-16-15(21)17(24)23(18(16)25)13-7-9(19)3-5-11(13)20/h3-8,22H,1-2H3. The SMILES string of the molecule is COc1ccc(OC)c(NC2=C(Cl)C(=O)N(c3cc(Cl)ccc3Cl)C2=O)c1. The normalized spacial score (nSPS) is 14.0. The Morgan fingerprint density at radius 1 is 0.926 bits per heavy atom. The largest absolute Gasteiger partial charge is 0.497 e. The number of nitrogens with one attached hydrogen (secondary N) is 1. The van der Waals surface area contributed by atoms with Crippen LogP contribution in [-0.4, -0.2) is 26.0 Å². The maximum absolute atomic E-state index is 12.9. The number of ether oxygens (including phenoxy) is 2. The molecule has 2 amide bonds. The first-order chi connectivity index (χ1) is 12.9. The zero-order valence-corrected chi connectivity index (χ0v) is 16.4. The monoisotopic (exact) mass is 426 g/mol. The van der Waals surface area contributed by atoms with Crippen molar-refractivity contribution in [2.75, 3.05) is 24.4 Å². The Labute approximate surface area is 170 Å². The van der Waals surface area contributed by atoms with Gasteiger partial charge in [0.05, 0.1) is 30.6 Å². The molecule has 2 aromatic carbocycles. The van der Waals surface area contributed by atoms with Gasteiger partial charge in [0.1, 0.15) is 22.2 Å². The Morgan fingerprint density at radius 3 is 2.33 bits per heavy atom. The fraction of sp³-hybridized carbons (Fsp3) is 0.111. The van der Waals surface area contributed by atoms with Crippen molar-refractivity contribution < 1.29 is 19.1 Å². The lowest BCUT2D eigenvalue weighted by molar-refractivity contribution is -0.120. The van der Waals surface area contributed by atoms with Gasteiger partial charge in [-0.2, -0.15) is 0 Å². The van der Waals surface area contributed by atoms with Gasteiger partial charge in [-0.3, -0.25) is 9.59 Å². The van der Waals surface area contributed by atoms with E-state index < -0.39 is 11.8 Å². The molecular weight excluding hydrogens is 415 g/mol. The summed E-state index contributed by atoms with van der Waals surface area (Å²) in [6.45, 7) is 0. The highest BCUT2D eigenvalue weighted by Crippen LogP contribution is 2.37. The Balaban J connectivity index is 1.99. The summed E-state index contributed by atoms with van der Waals surface area (Å²) in [7, 11) is 2.98. The van der Waals surface area contributed by atoms with Crippen LogP contribution in [0.15, 0.2) is 47.1 Å². The van der Waals surface area contributed by atoms with Crippen LogP contribution in [0.25, 0.3) is 0 Å². The molecule has 0 saturated carbocycles. The first-order valence-corrected chi connectivity index (χ1v) is 8.73. The van der Waals surface area contributed by atoms with Crippen LogP contribution in [0.5, 0.6) is 11.5 Å². The summed E-state index contributed by atoms with van der Waals surface area (Å²) >= 11 is 18.2. The highest BCUT2D eigenvalue weighted by molar-refractivity contribution is 6.54. The third-order valence-corrected chi connectivity index (χ3v) is 4.75. The Bertz CT molecular complexity index is 975. The fourth-order valence-corrected chi connectivity index (χ4v) is 3.11. The van der Waals surface area contributed by atoms with Gasteiger partial charge in [0, 0.05) is 11.1 Å². The number of hydrogen-bond donors (Lipinski definition) is 1. The van der Waals surface area contributed by atoms with Gasteiger partial charge in [-0.05, 0) is 30.3 Å². The summed E-state index contributed by atoms with van der Waals surface area (Å²) in [5.74, 6) is -0.414. The number of methoxy groups -OCH3 is 2. The van der Waals surface area contributed by atoms with E-state index in [4.69, 9.17) is 44.3 Å². The molecule has 2 aromatic rings. The van der Waals surface area contributed by atoms with E-state index in [1.807, 2.05) is 0 Å². The predicted molar refractivity (Wildman–Crippen MR) is 105 cm³/mol. The van der Waals surface area contributed by atoms with Crippen molar-refractivity contribution in [3.05, 3.63) is 57.2 Å². The average Bonchev–Trinajstić information content (AvgIpc) is 2.87. The van der Waals surface area contributed by atoms with Crippen molar-refractivity contribution in [2.24, 2.45) is 0 Å². The lowest BCUT2D eigenvalue weighted by atomic mass is 10.2. The molecule has 0 fully saturated rings. The van der Waals surface area contributed by atoms with Crippen LogP contribution in [-0.2, 0) is 9.59 Å². The van der Waals surface area contributed by atoms with Crippen molar-refractivity contribution in [3.8, 4) is 11.5 Å². The molecule has 0 radical (unpaired) electrons. The van der Waals surface area contributed by atoms with Crippen LogP contribution >= 0.6 is 34.8 Å². The topological polar surface area (TPSA) is 67.9 Å². The van der Waals surface area contributed by atoms with E-state index in [-0.39, 0.29) is 21.4 Å². The number of carbonyl (C=O) groups is 2. The number of rotatable bonds is 5.